The molecule has 0 radical (unpaired) electrons. The third-order valence-electron chi connectivity index (χ3n) is 5.11. The standard InChI is InChI=1S/C21H33N7/c1-3-20-26-25-17-28(20)15-12-24-21(22-4-2)23-11-7-13-27-14-10-18-8-5-6-9-19(18)16-27/h5-6,8-9,17H,3-4,7,10-16H2,1-2H3,(H2,22,23,24). The van der Waals surface area contributed by atoms with E-state index < -0.39 is 0 Å². The SMILES string of the molecule is CCNC(=NCCCN1CCc2ccccc2C1)NCCn1cnnc1CC. The number of aryl methyl sites for hydroxylation is 1. The molecule has 0 amide bonds. The van der Waals surface area contributed by atoms with Gasteiger partial charge in [-0.05, 0) is 30.9 Å². The van der Waals surface area contributed by atoms with Gasteiger partial charge >= 0.3 is 0 Å². The molecule has 0 aliphatic carbocycles. The van der Waals surface area contributed by atoms with Crippen molar-refractivity contribution in [2.24, 2.45) is 4.99 Å². The number of aromatic nitrogens is 3. The molecule has 0 bridgehead atoms. The Bertz CT molecular complexity index is 753. The molecule has 7 nitrogen and oxygen atoms in total. The first-order chi connectivity index (χ1) is 13.8. The van der Waals surface area contributed by atoms with Crippen molar-refractivity contribution in [3.05, 3.63) is 47.5 Å². The zero-order chi connectivity index (χ0) is 19.6. The highest BCUT2D eigenvalue weighted by atomic mass is 15.3. The summed E-state index contributed by atoms with van der Waals surface area (Å²) in [5.41, 5.74) is 2.99. The van der Waals surface area contributed by atoms with Crippen molar-refractivity contribution in [1.82, 2.24) is 30.3 Å². The number of aliphatic imine (C=N–C) groups is 1. The molecule has 2 aromatic rings. The van der Waals surface area contributed by atoms with Crippen LogP contribution in [0.2, 0.25) is 0 Å². The fourth-order valence-corrected chi connectivity index (χ4v) is 3.61. The summed E-state index contributed by atoms with van der Waals surface area (Å²) < 4.78 is 2.09. The lowest BCUT2D eigenvalue weighted by Crippen LogP contribution is -2.39. The molecule has 1 aliphatic heterocycles. The highest BCUT2D eigenvalue weighted by Gasteiger charge is 2.14. The molecule has 2 N–H and O–H groups in total. The average molecular weight is 384 g/mol. The van der Waals surface area contributed by atoms with E-state index in [-0.39, 0.29) is 0 Å². The number of nitrogens with zero attached hydrogens (tertiary/aromatic N) is 5. The van der Waals surface area contributed by atoms with Crippen LogP contribution in [0.5, 0.6) is 0 Å². The zero-order valence-electron chi connectivity index (χ0n) is 17.2. The summed E-state index contributed by atoms with van der Waals surface area (Å²) >= 11 is 0. The Morgan fingerprint density at radius 1 is 1.14 bits per heavy atom. The Balaban J connectivity index is 1.39. The lowest BCUT2D eigenvalue weighted by Gasteiger charge is -2.28. The molecular weight excluding hydrogens is 350 g/mol. The van der Waals surface area contributed by atoms with Gasteiger partial charge in [0.15, 0.2) is 5.96 Å². The number of rotatable bonds is 9. The first-order valence-corrected chi connectivity index (χ1v) is 10.5. The molecular formula is C21H33N7. The summed E-state index contributed by atoms with van der Waals surface area (Å²) in [5.74, 6) is 1.91. The second kappa shape index (κ2) is 10.8. The Kier molecular flexibility index (Phi) is 7.84. The molecule has 0 spiro atoms. The summed E-state index contributed by atoms with van der Waals surface area (Å²) in [6.07, 6.45) is 4.92. The topological polar surface area (TPSA) is 70.4 Å². The van der Waals surface area contributed by atoms with Crippen LogP contribution in [-0.2, 0) is 25.9 Å². The number of benzene rings is 1. The van der Waals surface area contributed by atoms with Gasteiger partial charge in [-0.3, -0.25) is 9.89 Å². The van der Waals surface area contributed by atoms with Gasteiger partial charge in [-0.2, -0.15) is 0 Å². The molecule has 2 heterocycles. The molecule has 0 unspecified atom stereocenters. The van der Waals surface area contributed by atoms with Gasteiger partial charge in [0, 0.05) is 52.2 Å². The maximum atomic E-state index is 4.73. The summed E-state index contributed by atoms with van der Waals surface area (Å²) in [6, 6.07) is 8.80. The fourth-order valence-electron chi connectivity index (χ4n) is 3.61. The maximum absolute atomic E-state index is 4.73. The summed E-state index contributed by atoms with van der Waals surface area (Å²) in [5, 5.41) is 14.8. The quantitative estimate of drug-likeness (QED) is 0.393. The van der Waals surface area contributed by atoms with E-state index in [1.54, 1.807) is 6.33 Å². The molecule has 7 heteroatoms. The predicted octanol–water partition coefficient (Wildman–Crippen LogP) is 1.84. The fraction of sp³-hybridized carbons (Fsp3) is 0.571. The van der Waals surface area contributed by atoms with E-state index in [4.69, 9.17) is 4.99 Å². The summed E-state index contributed by atoms with van der Waals surface area (Å²) in [4.78, 5) is 7.27. The molecule has 0 fully saturated rings. The van der Waals surface area contributed by atoms with Crippen LogP contribution in [0.15, 0.2) is 35.6 Å². The number of nitrogens with one attached hydrogen (secondary N) is 2. The van der Waals surface area contributed by atoms with Crippen LogP contribution < -0.4 is 10.6 Å². The molecule has 0 atom stereocenters. The van der Waals surface area contributed by atoms with Gasteiger partial charge in [0.05, 0.1) is 0 Å². The second-order valence-electron chi connectivity index (χ2n) is 7.13. The van der Waals surface area contributed by atoms with E-state index in [9.17, 15) is 0 Å². The monoisotopic (exact) mass is 383 g/mol. The van der Waals surface area contributed by atoms with Crippen LogP contribution in [-0.4, -0.2) is 58.3 Å². The van der Waals surface area contributed by atoms with Crippen molar-refractivity contribution in [3.8, 4) is 0 Å². The highest BCUT2D eigenvalue weighted by Crippen LogP contribution is 2.18. The number of guanidine groups is 1. The van der Waals surface area contributed by atoms with Gasteiger partial charge in [0.2, 0.25) is 0 Å². The van der Waals surface area contributed by atoms with Gasteiger partial charge in [0.1, 0.15) is 12.2 Å². The molecule has 1 aromatic carbocycles. The lowest BCUT2D eigenvalue weighted by atomic mass is 10.00. The van der Waals surface area contributed by atoms with Gasteiger partial charge in [-0.1, -0.05) is 31.2 Å². The average Bonchev–Trinajstić information content (AvgIpc) is 3.18. The third kappa shape index (κ3) is 5.79. The van der Waals surface area contributed by atoms with E-state index >= 15 is 0 Å². The number of hydrogen-bond acceptors (Lipinski definition) is 4. The molecule has 152 valence electrons. The molecule has 3 rings (SSSR count). The predicted molar refractivity (Wildman–Crippen MR) is 113 cm³/mol. The van der Waals surface area contributed by atoms with Gasteiger partial charge < -0.3 is 15.2 Å². The van der Waals surface area contributed by atoms with Gasteiger partial charge in [0.25, 0.3) is 0 Å². The normalized spacial score (nSPS) is 14.7. The third-order valence-corrected chi connectivity index (χ3v) is 5.11. The van der Waals surface area contributed by atoms with Crippen LogP contribution >= 0.6 is 0 Å². The smallest absolute Gasteiger partial charge is 0.191 e. The molecule has 28 heavy (non-hydrogen) atoms. The van der Waals surface area contributed by atoms with E-state index in [2.05, 4.69) is 68.4 Å². The van der Waals surface area contributed by atoms with Gasteiger partial charge in [-0.25, -0.2) is 0 Å². The van der Waals surface area contributed by atoms with Crippen LogP contribution in [0.4, 0.5) is 0 Å². The van der Waals surface area contributed by atoms with Crippen molar-refractivity contribution in [2.75, 3.05) is 32.7 Å². The first-order valence-electron chi connectivity index (χ1n) is 10.5. The van der Waals surface area contributed by atoms with Crippen molar-refractivity contribution in [2.45, 2.75) is 46.2 Å². The van der Waals surface area contributed by atoms with Crippen molar-refractivity contribution < 1.29 is 0 Å². The van der Waals surface area contributed by atoms with E-state index in [1.165, 1.54) is 11.1 Å². The minimum atomic E-state index is 0.805. The van der Waals surface area contributed by atoms with Crippen molar-refractivity contribution in [3.63, 3.8) is 0 Å². The second-order valence-corrected chi connectivity index (χ2v) is 7.13. The first kappa shape index (κ1) is 20.3. The minimum Gasteiger partial charge on any atom is -0.357 e. The maximum Gasteiger partial charge on any atom is 0.191 e. The van der Waals surface area contributed by atoms with Gasteiger partial charge in [-0.15, -0.1) is 10.2 Å². The zero-order valence-corrected chi connectivity index (χ0v) is 17.2. The lowest BCUT2D eigenvalue weighted by molar-refractivity contribution is 0.252. The van der Waals surface area contributed by atoms with Crippen molar-refractivity contribution in [1.29, 1.82) is 0 Å². The number of fused-ring (bicyclic) bond motifs is 1. The molecule has 1 aromatic heterocycles. The minimum absolute atomic E-state index is 0.805. The molecule has 0 saturated carbocycles. The molecule has 0 saturated heterocycles. The largest absolute Gasteiger partial charge is 0.357 e. The summed E-state index contributed by atoms with van der Waals surface area (Å²) in [7, 11) is 0. The highest BCUT2D eigenvalue weighted by molar-refractivity contribution is 5.79. The Morgan fingerprint density at radius 2 is 2.00 bits per heavy atom. The van der Waals surface area contributed by atoms with Crippen LogP contribution in [0.1, 0.15) is 37.2 Å². The number of hydrogen-bond donors (Lipinski definition) is 2. The van der Waals surface area contributed by atoms with E-state index in [1.807, 2.05) is 0 Å². The van der Waals surface area contributed by atoms with Crippen LogP contribution in [0.3, 0.4) is 0 Å². The van der Waals surface area contributed by atoms with Crippen LogP contribution in [0, 0.1) is 0 Å². The summed E-state index contributed by atoms with van der Waals surface area (Å²) in [6.45, 7) is 10.8. The van der Waals surface area contributed by atoms with Crippen LogP contribution in [0.25, 0.3) is 0 Å². The molecule has 1 aliphatic rings. The van der Waals surface area contributed by atoms with E-state index in [0.29, 0.717) is 0 Å². The van der Waals surface area contributed by atoms with E-state index in [0.717, 1.165) is 76.9 Å². The van der Waals surface area contributed by atoms with Crippen molar-refractivity contribution >= 4 is 5.96 Å². The Labute approximate surface area is 168 Å². The Morgan fingerprint density at radius 3 is 2.82 bits per heavy atom. The Hall–Kier alpha value is -2.41.